The molecule has 3 nitrogen and oxygen atoms in total. The van der Waals surface area contributed by atoms with Crippen molar-refractivity contribution in [2.45, 2.75) is 13.3 Å². The molecule has 2 aromatic rings. The van der Waals surface area contributed by atoms with Crippen molar-refractivity contribution in [1.29, 1.82) is 0 Å². The molecule has 0 fully saturated rings. The minimum atomic E-state index is -0.407. The third-order valence-electron chi connectivity index (χ3n) is 2.51. The lowest BCUT2D eigenvalue weighted by Gasteiger charge is -2.11. The highest BCUT2D eigenvalue weighted by Gasteiger charge is 2.06. The highest BCUT2D eigenvalue weighted by atomic mass is 19.1. The zero-order valence-corrected chi connectivity index (χ0v) is 10.7. The molecule has 2 aromatic carbocycles. The number of rotatable bonds is 5. The quantitative estimate of drug-likeness (QED) is 0.828. The molecule has 100 valence electrons. The van der Waals surface area contributed by atoms with Crippen LogP contribution in [-0.4, -0.2) is 6.61 Å². The van der Waals surface area contributed by atoms with E-state index in [0.29, 0.717) is 23.8 Å². The van der Waals surface area contributed by atoms with Crippen LogP contribution >= 0.6 is 0 Å². The average Bonchev–Trinajstić information content (AvgIpc) is 2.42. The van der Waals surface area contributed by atoms with Gasteiger partial charge in [0.2, 0.25) is 0 Å². The third kappa shape index (κ3) is 3.37. The average molecular weight is 261 g/mol. The summed E-state index contributed by atoms with van der Waals surface area (Å²) in [5.41, 5.74) is 6.34. The number of hydrogen-bond donors (Lipinski definition) is 1. The maximum atomic E-state index is 13.5. The Hall–Kier alpha value is -2.23. The second-order valence-electron chi connectivity index (χ2n) is 4.08. The van der Waals surface area contributed by atoms with Crippen molar-refractivity contribution in [2.75, 3.05) is 12.3 Å². The monoisotopic (exact) mass is 261 g/mol. The van der Waals surface area contributed by atoms with Gasteiger partial charge in [0.1, 0.15) is 11.5 Å². The molecule has 2 rings (SSSR count). The zero-order chi connectivity index (χ0) is 13.7. The van der Waals surface area contributed by atoms with Gasteiger partial charge in [-0.15, -0.1) is 0 Å². The van der Waals surface area contributed by atoms with Crippen LogP contribution in [-0.2, 0) is 0 Å². The molecule has 2 N–H and O–H groups in total. The second kappa shape index (κ2) is 6.09. The van der Waals surface area contributed by atoms with Gasteiger partial charge in [0, 0.05) is 6.07 Å². The van der Waals surface area contributed by atoms with Crippen LogP contribution in [0.5, 0.6) is 17.2 Å². The van der Waals surface area contributed by atoms with E-state index in [2.05, 4.69) is 0 Å². The number of para-hydroxylation sites is 1. The molecule has 0 amide bonds. The normalized spacial score (nSPS) is 10.2. The van der Waals surface area contributed by atoms with Crippen LogP contribution in [0.3, 0.4) is 0 Å². The maximum absolute atomic E-state index is 13.5. The van der Waals surface area contributed by atoms with E-state index in [-0.39, 0.29) is 5.75 Å². The van der Waals surface area contributed by atoms with Gasteiger partial charge >= 0.3 is 0 Å². The first-order valence-electron chi connectivity index (χ1n) is 6.15. The van der Waals surface area contributed by atoms with Crippen molar-refractivity contribution < 1.29 is 13.9 Å². The molecule has 0 unspecified atom stereocenters. The van der Waals surface area contributed by atoms with Gasteiger partial charge in [-0.3, -0.25) is 0 Å². The van der Waals surface area contributed by atoms with Crippen molar-refractivity contribution in [2.24, 2.45) is 0 Å². The summed E-state index contributed by atoms with van der Waals surface area (Å²) in [6, 6.07) is 11.3. The van der Waals surface area contributed by atoms with Gasteiger partial charge in [0.25, 0.3) is 0 Å². The van der Waals surface area contributed by atoms with Gasteiger partial charge in [-0.1, -0.05) is 19.1 Å². The molecule has 0 aromatic heterocycles. The lowest BCUT2D eigenvalue weighted by molar-refractivity contribution is 0.317. The fourth-order valence-corrected chi connectivity index (χ4v) is 1.57. The van der Waals surface area contributed by atoms with Crippen LogP contribution in [0.4, 0.5) is 10.1 Å². The predicted molar refractivity (Wildman–Crippen MR) is 73.1 cm³/mol. The van der Waals surface area contributed by atoms with Gasteiger partial charge < -0.3 is 15.2 Å². The van der Waals surface area contributed by atoms with E-state index in [1.807, 2.05) is 6.92 Å². The summed E-state index contributed by atoms with van der Waals surface area (Å²) in [5.74, 6) is 0.810. The molecule has 0 aliphatic rings. The maximum Gasteiger partial charge on any atom is 0.165 e. The molecule has 0 saturated carbocycles. The van der Waals surface area contributed by atoms with Crippen molar-refractivity contribution in [3.8, 4) is 17.2 Å². The van der Waals surface area contributed by atoms with E-state index in [1.54, 1.807) is 36.4 Å². The molecule has 19 heavy (non-hydrogen) atoms. The first-order valence-corrected chi connectivity index (χ1v) is 6.15. The SMILES string of the molecule is CCCOc1cc(Oc2ccccc2F)ccc1N. The second-order valence-corrected chi connectivity index (χ2v) is 4.08. The third-order valence-corrected chi connectivity index (χ3v) is 2.51. The van der Waals surface area contributed by atoms with Crippen LogP contribution in [0.15, 0.2) is 42.5 Å². The van der Waals surface area contributed by atoms with Crippen molar-refractivity contribution in [3.63, 3.8) is 0 Å². The van der Waals surface area contributed by atoms with Gasteiger partial charge in [-0.2, -0.15) is 0 Å². The summed E-state index contributed by atoms with van der Waals surface area (Å²) in [7, 11) is 0. The molecule has 0 bridgehead atoms. The number of ether oxygens (including phenoxy) is 2. The molecule has 0 heterocycles. The van der Waals surface area contributed by atoms with Crippen molar-refractivity contribution >= 4 is 5.69 Å². The molecular formula is C15H16FNO2. The summed E-state index contributed by atoms with van der Waals surface area (Å²) in [5, 5.41) is 0. The highest BCUT2D eigenvalue weighted by molar-refractivity contribution is 5.56. The zero-order valence-electron chi connectivity index (χ0n) is 10.7. The van der Waals surface area contributed by atoms with E-state index in [0.717, 1.165) is 6.42 Å². The van der Waals surface area contributed by atoms with Crippen molar-refractivity contribution in [1.82, 2.24) is 0 Å². The Morgan fingerprint density at radius 3 is 2.63 bits per heavy atom. The number of nitrogen functional groups attached to an aromatic ring is 1. The summed E-state index contributed by atoms with van der Waals surface area (Å²) >= 11 is 0. The number of benzene rings is 2. The highest BCUT2D eigenvalue weighted by Crippen LogP contribution is 2.31. The Morgan fingerprint density at radius 1 is 1.11 bits per heavy atom. The van der Waals surface area contributed by atoms with E-state index < -0.39 is 5.82 Å². The van der Waals surface area contributed by atoms with E-state index in [4.69, 9.17) is 15.2 Å². The van der Waals surface area contributed by atoms with E-state index in [1.165, 1.54) is 6.07 Å². The van der Waals surface area contributed by atoms with Crippen LogP contribution in [0.2, 0.25) is 0 Å². The largest absolute Gasteiger partial charge is 0.491 e. The Labute approximate surface area is 111 Å². The fraction of sp³-hybridized carbons (Fsp3) is 0.200. The number of halogens is 1. The van der Waals surface area contributed by atoms with Crippen LogP contribution in [0.25, 0.3) is 0 Å². The summed E-state index contributed by atoms with van der Waals surface area (Å²) in [4.78, 5) is 0. The summed E-state index contributed by atoms with van der Waals surface area (Å²) in [6.45, 7) is 2.59. The molecule has 4 heteroatoms. The minimum absolute atomic E-state index is 0.175. The first-order chi connectivity index (χ1) is 9.20. The standard InChI is InChI=1S/C15H16FNO2/c1-2-9-18-15-10-11(7-8-13(15)17)19-14-6-4-3-5-12(14)16/h3-8,10H,2,9,17H2,1H3. The first kappa shape index (κ1) is 13.2. The predicted octanol–water partition coefficient (Wildman–Crippen LogP) is 3.99. The molecular weight excluding hydrogens is 245 g/mol. The Morgan fingerprint density at radius 2 is 1.89 bits per heavy atom. The van der Waals surface area contributed by atoms with Crippen LogP contribution in [0, 0.1) is 5.82 Å². The van der Waals surface area contributed by atoms with Gasteiger partial charge in [0.15, 0.2) is 11.6 Å². The molecule has 0 spiro atoms. The smallest absolute Gasteiger partial charge is 0.165 e. The molecule has 0 radical (unpaired) electrons. The Balaban J connectivity index is 2.19. The summed E-state index contributed by atoms with van der Waals surface area (Å²) in [6.07, 6.45) is 0.887. The lowest BCUT2D eigenvalue weighted by Crippen LogP contribution is -1.99. The minimum Gasteiger partial charge on any atom is -0.491 e. The van der Waals surface area contributed by atoms with Gasteiger partial charge in [-0.05, 0) is 30.7 Å². The van der Waals surface area contributed by atoms with Gasteiger partial charge in [0.05, 0.1) is 12.3 Å². The molecule has 0 aliphatic carbocycles. The Bertz CT molecular complexity index is 558. The van der Waals surface area contributed by atoms with Crippen LogP contribution < -0.4 is 15.2 Å². The topological polar surface area (TPSA) is 44.5 Å². The van der Waals surface area contributed by atoms with Crippen molar-refractivity contribution in [3.05, 3.63) is 48.3 Å². The number of anilines is 1. The molecule has 0 saturated heterocycles. The van der Waals surface area contributed by atoms with Crippen LogP contribution in [0.1, 0.15) is 13.3 Å². The molecule has 0 aliphatic heterocycles. The number of hydrogen-bond acceptors (Lipinski definition) is 3. The lowest BCUT2D eigenvalue weighted by atomic mass is 10.2. The van der Waals surface area contributed by atoms with E-state index in [9.17, 15) is 4.39 Å². The Kier molecular flexibility index (Phi) is 4.23. The fourth-order valence-electron chi connectivity index (χ4n) is 1.57. The molecule has 0 atom stereocenters. The number of nitrogens with two attached hydrogens (primary N) is 1. The van der Waals surface area contributed by atoms with Gasteiger partial charge in [-0.25, -0.2) is 4.39 Å². The van der Waals surface area contributed by atoms with E-state index >= 15 is 0 Å². The summed E-state index contributed by atoms with van der Waals surface area (Å²) < 4.78 is 24.4.